The van der Waals surface area contributed by atoms with Gasteiger partial charge in [-0.15, -0.1) is 0 Å². The summed E-state index contributed by atoms with van der Waals surface area (Å²) in [5.41, 5.74) is 1.18. The Morgan fingerprint density at radius 1 is 1.31 bits per heavy atom. The third-order valence-corrected chi connectivity index (χ3v) is 2.35. The molecule has 1 aromatic carbocycles. The molecule has 2 aromatic rings. The number of carboxylic acid groups (broad SMARTS) is 1. The molecule has 0 aliphatic heterocycles. The van der Waals surface area contributed by atoms with Crippen molar-refractivity contribution in [1.82, 2.24) is 4.98 Å². The first-order valence-electron chi connectivity index (χ1n) is 4.83. The molecule has 0 saturated carbocycles. The molecular weight excluding hydrogens is 206 g/mol. The van der Waals surface area contributed by atoms with Crippen molar-refractivity contribution in [3.8, 4) is 0 Å². The van der Waals surface area contributed by atoms with Crippen molar-refractivity contribution in [3.63, 3.8) is 0 Å². The zero-order valence-corrected chi connectivity index (χ0v) is 8.75. The van der Waals surface area contributed by atoms with Gasteiger partial charge in [0.1, 0.15) is 0 Å². The van der Waals surface area contributed by atoms with Crippen molar-refractivity contribution >= 4 is 16.9 Å². The Balaban J connectivity index is 2.49. The first kappa shape index (κ1) is 10.6. The summed E-state index contributed by atoms with van der Waals surface area (Å²) in [6, 6.07) is 11.1. The number of methoxy groups -OCH3 is 1. The number of nitrogens with zero attached hydrogens (tertiary/aromatic N) is 1. The second kappa shape index (κ2) is 4.28. The number of pyridine rings is 1. The Hall–Kier alpha value is -1.94. The second-order valence-electron chi connectivity index (χ2n) is 3.38. The fourth-order valence-corrected chi connectivity index (χ4v) is 1.58. The highest BCUT2D eigenvalue weighted by atomic mass is 16.5. The number of aliphatic carboxylic acids is 1. The van der Waals surface area contributed by atoms with Gasteiger partial charge in [-0.25, -0.2) is 9.78 Å². The third kappa shape index (κ3) is 1.87. The molecule has 0 aliphatic carbocycles. The van der Waals surface area contributed by atoms with Gasteiger partial charge in [0, 0.05) is 12.5 Å². The highest BCUT2D eigenvalue weighted by Gasteiger charge is 2.20. The van der Waals surface area contributed by atoms with E-state index >= 15 is 0 Å². The van der Waals surface area contributed by atoms with Crippen LogP contribution < -0.4 is 0 Å². The number of ether oxygens (including phenoxy) is 1. The maximum Gasteiger partial charge on any atom is 0.339 e. The average Bonchev–Trinajstić information content (AvgIpc) is 2.29. The van der Waals surface area contributed by atoms with Gasteiger partial charge in [0.2, 0.25) is 0 Å². The van der Waals surface area contributed by atoms with E-state index in [1.165, 1.54) is 7.11 Å². The Morgan fingerprint density at radius 2 is 2.06 bits per heavy atom. The molecule has 1 unspecified atom stereocenters. The zero-order chi connectivity index (χ0) is 11.5. The van der Waals surface area contributed by atoms with Crippen LogP contribution in [0.1, 0.15) is 11.8 Å². The van der Waals surface area contributed by atoms with Gasteiger partial charge in [-0.05, 0) is 12.1 Å². The molecule has 0 aliphatic rings. The lowest BCUT2D eigenvalue weighted by Crippen LogP contribution is -2.14. The summed E-state index contributed by atoms with van der Waals surface area (Å²) in [6.45, 7) is 0. The summed E-state index contributed by atoms with van der Waals surface area (Å²) in [7, 11) is 1.36. The number of benzene rings is 1. The molecule has 4 nitrogen and oxygen atoms in total. The number of hydrogen-bond acceptors (Lipinski definition) is 3. The predicted octanol–water partition coefficient (Wildman–Crippen LogP) is 2.01. The van der Waals surface area contributed by atoms with E-state index in [4.69, 9.17) is 9.84 Å². The Morgan fingerprint density at radius 3 is 2.75 bits per heavy atom. The van der Waals surface area contributed by atoms with Gasteiger partial charge in [0.25, 0.3) is 0 Å². The normalized spacial score (nSPS) is 12.6. The van der Waals surface area contributed by atoms with E-state index < -0.39 is 12.1 Å². The predicted molar refractivity (Wildman–Crippen MR) is 59.1 cm³/mol. The van der Waals surface area contributed by atoms with Gasteiger partial charge in [0.05, 0.1) is 11.2 Å². The fraction of sp³-hybridized carbons (Fsp3) is 0.167. The van der Waals surface area contributed by atoms with E-state index in [9.17, 15) is 4.79 Å². The van der Waals surface area contributed by atoms with Crippen LogP contribution in [0.3, 0.4) is 0 Å². The minimum Gasteiger partial charge on any atom is -0.479 e. The third-order valence-electron chi connectivity index (χ3n) is 2.35. The van der Waals surface area contributed by atoms with Gasteiger partial charge in [0.15, 0.2) is 6.10 Å². The molecular formula is C12H11NO3. The van der Waals surface area contributed by atoms with Gasteiger partial charge in [-0.2, -0.15) is 0 Å². The highest BCUT2D eigenvalue weighted by molar-refractivity contribution is 5.80. The first-order chi connectivity index (χ1) is 7.72. The summed E-state index contributed by atoms with van der Waals surface area (Å²) in [4.78, 5) is 15.2. The molecule has 4 heteroatoms. The van der Waals surface area contributed by atoms with Crippen LogP contribution in [-0.4, -0.2) is 23.2 Å². The lowest BCUT2D eigenvalue weighted by molar-refractivity contribution is -0.149. The van der Waals surface area contributed by atoms with E-state index in [2.05, 4.69) is 4.98 Å². The smallest absolute Gasteiger partial charge is 0.339 e. The molecule has 1 N–H and O–H groups in total. The van der Waals surface area contributed by atoms with Crippen molar-refractivity contribution in [2.24, 2.45) is 0 Å². The van der Waals surface area contributed by atoms with E-state index in [-0.39, 0.29) is 0 Å². The zero-order valence-electron chi connectivity index (χ0n) is 8.75. The maximum atomic E-state index is 10.9. The van der Waals surface area contributed by atoms with E-state index in [0.717, 1.165) is 10.9 Å². The number of carbonyl (C=O) groups is 1. The van der Waals surface area contributed by atoms with Crippen LogP contribution in [0.2, 0.25) is 0 Å². The van der Waals surface area contributed by atoms with Crippen molar-refractivity contribution < 1.29 is 14.6 Å². The number of rotatable bonds is 3. The van der Waals surface area contributed by atoms with Gasteiger partial charge >= 0.3 is 5.97 Å². The molecule has 82 valence electrons. The number of hydrogen-bond donors (Lipinski definition) is 1. The Bertz CT molecular complexity index is 524. The SMILES string of the molecule is COC(C(=O)O)c1ccc2ccccc2n1. The molecule has 1 atom stereocenters. The summed E-state index contributed by atoms with van der Waals surface area (Å²) < 4.78 is 4.88. The van der Waals surface area contributed by atoms with Crippen LogP contribution in [0.5, 0.6) is 0 Å². The van der Waals surface area contributed by atoms with Crippen LogP contribution in [-0.2, 0) is 9.53 Å². The molecule has 0 spiro atoms. The Kier molecular flexibility index (Phi) is 2.83. The lowest BCUT2D eigenvalue weighted by atomic mass is 10.1. The minimum absolute atomic E-state index is 0.411. The molecule has 0 bridgehead atoms. The topological polar surface area (TPSA) is 59.4 Å². The van der Waals surface area contributed by atoms with Crippen LogP contribution in [0.15, 0.2) is 36.4 Å². The number of aromatic nitrogens is 1. The number of fused-ring (bicyclic) bond motifs is 1. The molecule has 0 saturated heterocycles. The lowest BCUT2D eigenvalue weighted by Gasteiger charge is -2.10. The average molecular weight is 217 g/mol. The van der Waals surface area contributed by atoms with Crippen LogP contribution in [0.25, 0.3) is 10.9 Å². The molecule has 1 aromatic heterocycles. The molecule has 2 rings (SSSR count). The van der Waals surface area contributed by atoms with E-state index in [0.29, 0.717) is 5.69 Å². The fourth-order valence-electron chi connectivity index (χ4n) is 1.58. The number of carboxylic acids is 1. The van der Waals surface area contributed by atoms with Crippen LogP contribution in [0.4, 0.5) is 0 Å². The van der Waals surface area contributed by atoms with E-state index in [1.807, 2.05) is 30.3 Å². The van der Waals surface area contributed by atoms with Crippen molar-refractivity contribution in [3.05, 3.63) is 42.1 Å². The van der Waals surface area contributed by atoms with Gasteiger partial charge in [-0.3, -0.25) is 0 Å². The van der Waals surface area contributed by atoms with Crippen LogP contribution >= 0.6 is 0 Å². The van der Waals surface area contributed by atoms with Crippen LogP contribution in [0, 0.1) is 0 Å². The number of para-hydroxylation sites is 1. The van der Waals surface area contributed by atoms with E-state index in [1.54, 1.807) is 6.07 Å². The Labute approximate surface area is 92.5 Å². The van der Waals surface area contributed by atoms with Gasteiger partial charge in [-0.1, -0.05) is 24.3 Å². The van der Waals surface area contributed by atoms with Crippen molar-refractivity contribution in [2.45, 2.75) is 6.10 Å². The molecule has 0 radical (unpaired) electrons. The summed E-state index contributed by atoms with van der Waals surface area (Å²) in [6.07, 6.45) is -1.01. The molecule has 0 fully saturated rings. The maximum absolute atomic E-state index is 10.9. The molecule has 0 amide bonds. The summed E-state index contributed by atoms with van der Waals surface area (Å²) in [5, 5.41) is 9.91. The highest BCUT2D eigenvalue weighted by Crippen LogP contribution is 2.18. The first-order valence-corrected chi connectivity index (χ1v) is 4.83. The van der Waals surface area contributed by atoms with Crippen molar-refractivity contribution in [1.29, 1.82) is 0 Å². The minimum atomic E-state index is -1.04. The second-order valence-corrected chi connectivity index (χ2v) is 3.38. The summed E-state index contributed by atoms with van der Waals surface area (Å²) in [5.74, 6) is -1.04. The summed E-state index contributed by atoms with van der Waals surface area (Å²) >= 11 is 0. The molecule has 1 heterocycles. The standard InChI is InChI=1S/C12H11NO3/c1-16-11(12(14)15)10-7-6-8-4-2-3-5-9(8)13-10/h2-7,11H,1H3,(H,14,15). The quantitative estimate of drug-likeness (QED) is 0.854. The van der Waals surface area contributed by atoms with Gasteiger partial charge < -0.3 is 9.84 Å². The monoisotopic (exact) mass is 217 g/mol. The molecule has 16 heavy (non-hydrogen) atoms. The largest absolute Gasteiger partial charge is 0.479 e. The van der Waals surface area contributed by atoms with Crippen molar-refractivity contribution in [2.75, 3.05) is 7.11 Å².